The highest BCUT2D eigenvalue weighted by Crippen LogP contribution is 2.03. The Morgan fingerprint density at radius 1 is 0.183 bits per heavy atom. The third kappa shape index (κ3) is 39.9. The summed E-state index contributed by atoms with van der Waals surface area (Å²) < 4.78 is 78.9. The molecule has 1 aliphatic rings. The Labute approximate surface area is 351 Å². The summed E-state index contributed by atoms with van der Waals surface area (Å²) in [5.41, 5.74) is 0. The van der Waals surface area contributed by atoms with E-state index in [0.29, 0.717) is 79.3 Å². The van der Waals surface area contributed by atoms with E-state index in [1.54, 1.807) is 0 Å². The smallest absolute Gasteiger partial charge is 0.305 e. The fraction of sp³-hybridized carbons (Fsp3) is 0.846. The second kappa shape index (κ2) is 42.2. The van der Waals surface area contributed by atoms with Crippen molar-refractivity contribution in [2.45, 2.75) is 57.8 Å². The van der Waals surface area contributed by atoms with E-state index in [1.165, 1.54) is 0 Å². The van der Waals surface area contributed by atoms with Crippen LogP contribution in [0.3, 0.4) is 0 Å². The molecule has 1 aliphatic heterocycles. The molecule has 1 fully saturated rings. The Morgan fingerprint density at radius 2 is 0.300 bits per heavy atom. The highest BCUT2D eigenvalue weighted by molar-refractivity contribution is 5.73. The van der Waals surface area contributed by atoms with Gasteiger partial charge in [-0.05, 0) is 19.3 Å². The van der Waals surface area contributed by atoms with E-state index >= 15 is 0 Å². The predicted molar refractivity (Wildman–Crippen MR) is 205 cm³/mol. The van der Waals surface area contributed by atoms with E-state index in [0.717, 1.165) is 0 Å². The number of ether oxygens (including phenoxy) is 15. The topological polar surface area (TPSA) is 241 Å². The quantitative estimate of drug-likeness (QED) is 0.243. The van der Waals surface area contributed by atoms with E-state index < -0.39 is 35.8 Å². The van der Waals surface area contributed by atoms with Crippen LogP contribution in [0.5, 0.6) is 0 Å². The van der Waals surface area contributed by atoms with Gasteiger partial charge in [-0.1, -0.05) is 0 Å². The van der Waals surface area contributed by atoms with Crippen LogP contribution in [-0.4, -0.2) is 194 Å². The Hall–Kier alpha value is -3.54. The number of esters is 6. The average molecular weight is 871 g/mol. The minimum absolute atomic E-state index is 0.0701. The number of carbonyl (C=O) groups is 6. The van der Waals surface area contributed by atoms with Crippen LogP contribution in [0, 0.1) is 0 Å². The van der Waals surface area contributed by atoms with Crippen molar-refractivity contribution >= 4 is 35.8 Å². The number of cyclic esters (lactones) is 6. The fourth-order valence-corrected chi connectivity index (χ4v) is 4.48. The molecule has 0 atom stereocenters. The maximum absolute atomic E-state index is 11.9. The number of carbonyl (C=O) groups excluding carboxylic acids is 6. The predicted octanol–water partition coefficient (Wildman–Crippen LogP) is 0.920. The molecule has 0 amide bonds. The molecule has 0 radical (unpaired) electrons. The Balaban J connectivity index is 2.21. The summed E-state index contributed by atoms with van der Waals surface area (Å²) in [6.45, 7) is 5.31. The van der Waals surface area contributed by atoms with Crippen molar-refractivity contribution in [3.63, 3.8) is 0 Å². The first kappa shape index (κ1) is 54.5. The minimum Gasteiger partial charge on any atom is -0.463 e. The van der Waals surface area contributed by atoms with Gasteiger partial charge in [-0.3, -0.25) is 28.8 Å². The van der Waals surface area contributed by atoms with Crippen molar-refractivity contribution in [2.24, 2.45) is 0 Å². The second-order valence-electron chi connectivity index (χ2n) is 12.4. The first-order valence-corrected chi connectivity index (χ1v) is 20.5. The molecule has 0 aromatic carbocycles. The Bertz CT molecular complexity index is 895. The molecule has 0 aromatic heterocycles. The van der Waals surface area contributed by atoms with Crippen molar-refractivity contribution in [2.75, 3.05) is 159 Å². The molecule has 0 saturated carbocycles. The molecule has 0 N–H and O–H groups in total. The molecule has 1 saturated heterocycles. The van der Waals surface area contributed by atoms with Crippen LogP contribution in [0.15, 0.2) is 0 Å². The summed E-state index contributed by atoms with van der Waals surface area (Å²) in [5, 5.41) is 0. The van der Waals surface area contributed by atoms with E-state index in [1.807, 2.05) is 0 Å². The van der Waals surface area contributed by atoms with Gasteiger partial charge in [0.15, 0.2) is 0 Å². The van der Waals surface area contributed by atoms with Gasteiger partial charge in [0.05, 0.1) is 119 Å². The zero-order valence-corrected chi connectivity index (χ0v) is 34.9. The zero-order chi connectivity index (χ0) is 43.4. The first-order chi connectivity index (χ1) is 29.4. The standard InChI is InChI=1S/C39H66O21/c40-34-4-1-5-35(41)56-29-23-50-17-11-47-13-19-52-25-31-58-37(43)7-3-9-39(45)60-33-27-54-21-15-48-14-20-53-26-32-59-38(44)8-2-6-36(42)57-30-24-51-18-12-46-10-16-49-22-28-55-34/h1-33H2. The molecule has 1 heterocycles. The molecule has 348 valence electrons. The molecule has 0 aliphatic carbocycles. The van der Waals surface area contributed by atoms with Gasteiger partial charge in [-0.25, -0.2) is 0 Å². The molecule has 0 aromatic rings. The van der Waals surface area contributed by atoms with Crippen LogP contribution < -0.4 is 0 Å². The van der Waals surface area contributed by atoms with Gasteiger partial charge < -0.3 is 71.1 Å². The van der Waals surface area contributed by atoms with Crippen LogP contribution in [0.2, 0.25) is 0 Å². The lowest BCUT2D eigenvalue weighted by atomic mass is 10.2. The van der Waals surface area contributed by atoms with Crippen molar-refractivity contribution in [3.05, 3.63) is 0 Å². The lowest BCUT2D eigenvalue weighted by Gasteiger charge is -2.09. The summed E-state index contributed by atoms with van der Waals surface area (Å²) in [5.74, 6) is -2.65. The molecule has 60 heavy (non-hydrogen) atoms. The van der Waals surface area contributed by atoms with Gasteiger partial charge in [-0.2, -0.15) is 0 Å². The summed E-state index contributed by atoms with van der Waals surface area (Å²) in [6.07, 6.45) is 1.29. The lowest BCUT2D eigenvalue weighted by molar-refractivity contribution is -0.148. The molecule has 21 nitrogen and oxygen atoms in total. The van der Waals surface area contributed by atoms with Crippen molar-refractivity contribution in [1.82, 2.24) is 0 Å². The monoisotopic (exact) mass is 870 g/mol. The molecule has 0 bridgehead atoms. The van der Waals surface area contributed by atoms with Gasteiger partial charge in [0, 0.05) is 38.5 Å². The molecule has 0 spiro atoms. The third-order valence-electron chi connectivity index (χ3n) is 7.46. The first-order valence-electron chi connectivity index (χ1n) is 20.5. The average Bonchev–Trinajstić information content (AvgIpc) is 3.22. The normalized spacial score (nSPS) is 22.2. The van der Waals surface area contributed by atoms with E-state index in [4.69, 9.17) is 71.1 Å². The second-order valence-corrected chi connectivity index (χ2v) is 12.4. The SMILES string of the molecule is O=C1CCCC(=O)OCCOCCOCCOCCOC(=O)CCCC(=O)OCCOCCOCCOCCOC(=O)CCCC(=O)OCCOCCOCCOCCO1. The number of hydrogen-bond acceptors (Lipinski definition) is 21. The summed E-state index contributed by atoms with van der Waals surface area (Å²) in [6, 6.07) is 0. The Kier molecular flexibility index (Phi) is 38.3. The van der Waals surface area contributed by atoms with Gasteiger partial charge in [0.25, 0.3) is 0 Å². The van der Waals surface area contributed by atoms with Crippen LogP contribution in [0.4, 0.5) is 0 Å². The molecule has 21 heteroatoms. The lowest BCUT2D eigenvalue weighted by Crippen LogP contribution is -2.16. The van der Waals surface area contributed by atoms with Crippen LogP contribution in [-0.2, 0) is 99.8 Å². The van der Waals surface area contributed by atoms with E-state index in [-0.39, 0.29) is 137 Å². The maximum Gasteiger partial charge on any atom is 0.305 e. The molecule has 0 unspecified atom stereocenters. The molecule has 1 rings (SSSR count). The summed E-state index contributed by atoms with van der Waals surface area (Å²) >= 11 is 0. The maximum atomic E-state index is 11.9. The van der Waals surface area contributed by atoms with Crippen LogP contribution in [0.1, 0.15) is 57.8 Å². The van der Waals surface area contributed by atoms with E-state index in [2.05, 4.69) is 0 Å². The third-order valence-corrected chi connectivity index (χ3v) is 7.46. The Morgan fingerprint density at radius 3 is 0.433 bits per heavy atom. The van der Waals surface area contributed by atoms with Crippen molar-refractivity contribution in [1.29, 1.82) is 0 Å². The van der Waals surface area contributed by atoms with Crippen LogP contribution >= 0.6 is 0 Å². The van der Waals surface area contributed by atoms with Gasteiger partial charge in [0.2, 0.25) is 0 Å². The van der Waals surface area contributed by atoms with E-state index in [9.17, 15) is 28.8 Å². The summed E-state index contributed by atoms with van der Waals surface area (Å²) in [4.78, 5) is 71.2. The zero-order valence-electron chi connectivity index (χ0n) is 34.9. The fourth-order valence-electron chi connectivity index (χ4n) is 4.48. The van der Waals surface area contributed by atoms with Crippen molar-refractivity contribution < 1.29 is 99.8 Å². The minimum atomic E-state index is -0.442. The summed E-state index contributed by atoms with van der Waals surface area (Å²) in [7, 11) is 0. The highest BCUT2D eigenvalue weighted by atomic mass is 16.6. The molecular formula is C39H66O21. The highest BCUT2D eigenvalue weighted by Gasteiger charge is 2.10. The number of rotatable bonds is 0. The number of hydrogen-bond donors (Lipinski definition) is 0. The largest absolute Gasteiger partial charge is 0.463 e. The van der Waals surface area contributed by atoms with Crippen LogP contribution in [0.25, 0.3) is 0 Å². The van der Waals surface area contributed by atoms with Crippen molar-refractivity contribution in [3.8, 4) is 0 Å². The molecular weight excluding hydrogens is 804 g/mol. The van der Waals surface area contributed by atoms with Gasteiger partial charge >= 0.3 is 35.8 Å². The van der Waals surface area contributed by atoms with Gasteiger partial charge in [-0.15, -0.1) is 0 Å². The van der Waals surface area contributed by atoms with Gasteiger partial charge in [0.1, 0.15) is 39.6 Å².